The van der Waals surface area contributed by atoms with E-state index >= 15 is 0 Å². The summed E-state index contributed by atoms with van der Waals surface area (Å²) >= 11 is 3.29. The maximum Gasteiger partial charge on any atom is 0.127 e. The number of hydrogen-bond acceptors (Lipinski definition) is 2. The monoisotopic (exact) mass is 417 g/mol. The Morgan fingerprint density at radius 3 is 1.48 bits per heavy atom. The van der Waals surface area contributed by atoms with Crippen molar-refractivity contribution in [2.75, 3.05) is 11.1 Å². The molecule has 27 heavy (non-hydrogen) atoms. The molecule has 0 unspecified atom stereocenters. The second-order valence-electron chi connectivity index (χ2n) is 5.49. The van der Waals surface area contributed by atoms with Crippen LogP contribution in [0.4, 0.5) is 17.1 Å². The third-order valence-electron chi connectivity index (χ3n) is 3.31. The molecule has 0 saturated carbocycles. The van der Waals surface area contributed by atoms with Crippen LogP contribution < -0.4 is 11.1 Å². The summed E-state index contributed by atoms with van der Waals surface area (Å²) in [5.41, 5.74) is 8.42. The minimum Gasteiger partial charge on any atom is -0.399 e. The number of para-hydroxylation sites is 3. The summed E-state index contributed by atoms with van der Waals surface area (Å²) < 4.78 is 1.10. The van der Waals surface area contributed by atoms with E-state index in [9.17, 15) is 0 Å². The first kappa shape index (κ1) is 20.2. The normalized spacial score (nSPS) is 10.9. The molecule has 0 amide bonds. The molecule has 0 heterocycles. The summed E-state index contributed by atoms with van der Waals surface area (Å²) in [6.45, 7) is 0. The third-order valence-corrected chi connectivity index (χ3v) is 3.84. The van der Waals surface area contributed by atoms with E-state index in [2.05, 4.69) is 27.3 Å². The molecule has 0 fully saturated rings. The van der Waals surface area contributed by atoms with Gasteiger partial charge in [-0.3, -0.25) is 0 Å². The van der Waals surface area contributed by atoms with Gasteiger partial charge in [-0.05, 0) is 52.3 Å². The molecule has 0 spiro atoms. The van der Waals surface area contributed by atoms with Crippen molar-refractivity contribution >= 4 is 33.0 Å². The molecule has 3 aromatic rings. The number of nitrogen functional groups attached to an aromatic ring is 1. The van der Waals surface area contributed by atoms with Gasteiger partial charge in [-0.25, -0.2) is 0 Å². The highest BCUT2D eigenvalue weighted by Gasteiger charge is 1.92. The van der Waals surface area contributed by atoms with Crippen LogP contribution in [0.15, 0.2) is 120 Å². The van der Waals surface area contributed by atoms with Gasteiger partial charge in [0.2, 0.25) is 0 Å². The summed E-state index contributed by atoms with van der Waals surface area (Å²) in [6.07, 6.45) is 10.5. The van der Waals surface area contributed by atoms with Crippen LogP contribution in [0.3, 0.4) is 0 Å². The molecule has 3 heteroatoms. The number of halogens is 1. The minimum absolute atomic E-state index is 0.822. The summed E-state index contributed by atoms with van der Waals surface area (Å²) in [4.78, 5) is 0. The fourth-order valence-corrected chi connectivity index (χ4v) is 2.29. The number of nitrogens with two attached hydrogens (primary N) is 1. The van der Waals surface area contributed by atoms with Crippen molar-refractivity contribution in [1.82, 2.24) is 0 Å². The van der Waals surface area contributed by atoms with Crippen molar-refractivity contribution in [3.8, 4) is 0 Å². The van der Waals surface area contributed by atoms with E-state index < -0.39 is 0 Å². The molecular formula is C24H22BrN2+. The molecule has 0 saturated heterocycles. The number of hydrogen-bond donors (Lipinski definition) is 2. The van der Waals surface area contributed by atoms with E-state index in [1.807, 2.05) is 115 Å². The Labute approximate surface area is 169 Å². The lowest BCUT2D eigenvalue weighted by Crippen LogP contribution is -1.87. The highest BCUT2D eigenvalue weighted by atomic mass is 79.9. The molecule has 0 aromatic heterocycles. The lowest BCUT2D eigenvalue weighted by molar-refractivity contribution is 1.55. The van der Waals surface area contributed by atoms with Gasteiger partial charge < -0.3 is 11.1 Å². The molecule has 2 nitrogen and oxygen atoms in total. The zero-order chi connectivity index (χ0) is 19.2. The maximum atomic E-state index is 5.36. The first-order chi connectivity index (χ1) is 13.2. The van der Waals surface area contributed by atoms with Crippen molar-refractivity contribution in [3.63, 3.8) is 0 Å². The third kappa shape index (κ3) is 9.22. The van der Waals surface area contributed by atoms with Crippen molar-refractivity contribution in [2.45, 2.75) is 0 Å². The Kier molecular flexibility index (Phi) is 9.17. The number of rotatable bonds is 2. The van der Waals surface area contributed by atoms with Gasteiger partial charge in [0.15, 0.2) is 0 Å². The molecule has 0 aliphatic heterocycles. The van der Waals surface area contributed by atoms with Crippen LogP contribution in [0.25, 0.3) is 0 Å². The molecule has 0 bridgehead atoms. The molecule has 3 aromatic carbocycles. The van der Waals surface area contributed by atoms with Gasteiger partial charge in [0, 0.05) is 23.1 Å². The zero-order valence-corrected chi connectivity index (χ0v) is 16.5. The Bertz CT molecular complexity index is 817. The molecule has 1 aliphatic rings. The first-order valence-corrected chi connectivity index (χ1v) is 9.32. The number of allylic oxidation sites excluding steroid dienone is 6. The van der Waals surface area contributed by atoms with Crippen LogP contribution in [0.5, 0.6) is 0 Å². The van der Waals surface area contributed by atoms with Crippen LogP contribution in [-0.2, 0) is 0 Å². The zero-order valence-electron chi connectivity index (χ0n) is 14.9. The lowest BCUT2D eigenvalue weighted by Gasteiger charge is -2.04. The first-order valence-electron chi connectivity index (χ1n) is 8.53. The minimum atomic E-state index is 0.822. The number of anilines is 3. The van der Waals surface area contributed by atoms with Gasteiger partial charge >= 0.3 is 0 Å². The standard InChI is InChI=1S/C12H11N.C6H4Br.C6H7N/c1-3-7-11(8-4-1)13-12-9-5-2-6-10-12;2*7-6-4-2-1-3-5-6/h1-10,13H;2-5H;1-5H,7H2/q;+1;. The molecule has 0 radical (unpaired) electrons. The van der Waals surface area contributed by atoms with Gasteiger partial charge in [-0.15, -0.1) is 0 Å². The second kappa shape index (κ2) is 12.3. The van der Waals surface area contributed by atoms with Crippen molar-refractivity contribution in [2.24, 2.45) is 0 Å². The quantitative estimate of drug-likeness (QED) is 0.351. The number of benzene rings is 3. The van der Waals surface area contributed by atoms with Crippen molar-refractivity contribution < 1.29 is 0 Å². The predicted octanol–water partition coefficient (Wildman–Crippen LogP) is 6.89. The van der Waals surface area contributed by atoms with Gasteiger partial charge in [-0.1, -0.05) is 54.6 Å². The molecule has 3 N–H and O–H groups in total. The highest BCUT2D eigenvalue weighted by molar-refractivity contribution is 9.11. The summed E-state index contributed by atoms with van der Waals surface area (Å²) in [5, 5.41) is 3.30. The average Bonchev–Trinajstić information content (AvgIpc) is 2.72. The van der Waals surface area contributed by atoms with E-state index in [1.54, 1.807) is 0 Å². The van der Waals surface area contributed by atoms with E-state index in [4.69, 9.17) is 5.73 Å². The predicted molar refractivity (Wildman–Crippen MR) is 121 cm³/mol. The van der Waals surface area contributed by atoms with E-state index in [1.165, 1.54) is 0 Å². The number of nitrogens with one attached hydrogen (secondary N) is 1. The fourth-order valence-electron chi connectivity index (χ4n) is 2.03. The van der Waals surface area contributed by atoms with Crippen LogP contribution >= 0.6 is 15.9 Å². The molecule has 4 rings (SSSR count). The smallest absolute Gasteiger partial charge is 0.127 e. The Morgan fingerprint density at radius 1 is 0.704 bits per heavy atom. The van der Waals surface area contributed by atoms with E-state index in [-0.39, 0.29) is 0 Å². The van der Waals surface area contributed by atoms with Crippen molar-refractivity contribution in [3.05, 3.63) is 126 Å². The van der Waals surface area contributed by atoms with Gasteiger partial charge in [0.25, 0.3) is 0 Å². The SMILES string of the molecule is BrC1=CC=[C+]C=C1.Nc1ccccc1.c1ccc(Nc2ccccc2)cc1. The largest absolute Gasteiger partial charge is 0.399 e. The van der Waals surface area contributed by atoms with Gasteiger partial charge in [-0.2, -0.15) is 0 Å². The molecule has 1 aliphatic carbocycles. The van der Waals surface area contributed by atoms with Crippen LogP contribution in [-0.4, -0.2) is 0 Å². The molecular weight excluding hydrogens is 396 g/mol. The van der Waals surface area contributed by atoms with Crippen LogP contribution in [0, 0.1) is 6.08 Å². The Hall–Kier alpha value is -3.13. The topological polar surface area (TPSA) is 38.0 Å². The van der Waals surface area contributed by atoms with Gasteiger partial charge in [0.05, 0.1) is 12.2 Å². The second-order valence-corrected chi connectivity index (χ2v) is 6.40. The molecule has 134 valence electrons. The maximum absolute atomic E-state index is 5.36. The molecule has 0 atom stereocenters. The summed E-state index contributed by atoms with van der Waals surface area (Å²) in [6, 6.07) is 29.8. The Morgan fingerprint density at radius 2 is 1.19 bits per heavy atom. The Balaban J connectivity index is 0.000000159. The van der Waals surface area contributed by atoms with Crippen LogP contribution in [0.2, 0.25) is 0 Å². The lowest BCUT2D eigenvalue weighted by atomic mass is 10.3. The van der Waals surface area contributed by atoms with Crippen LogP contribution in [0.1, 0.15) is 0 Å². The summed E-state index contributed by atoms with van der Waals surface area (Å²) in [7, 11) is 0. The average molecular weight is 418 g/mol. The van der Waals surface area contributed by atoms with E-state index in [0.29, 0.717) is 0 Å². The highest BCUT2D eigenvalue weighted by Crippen LogP contribution is 2.14. The van der Waals surface area contributed by atoms with E-state index in [0.717, 1.165) is 21.5 Å². The summed E-state index contributed by atoms with van der Waals surface area (Å²) in [5.74, 6) is 0. The van der Waals surface area contributed by atoms with Crippen molar-refractivity contribution in [1.29, 1.82) is 0 Å². The fraction of sp³-hybridized carbons (Fsp3) is 0. The van der Waals surface area contributed by atoms with Gasteiger partial charge in [0.1, 0.15) is 16.6 Å².